The summed E-state index contributed by atoms with van der Waals surface area (Å²) in [6, 6.07) is 5.28. The number of hydrogen-bond donors (Lipinski definition) is 0. The van der Waals surface area contributed by atoms with E-state index in [1.54, 1.807) is 0 Å². The fraction of sp³-hybridized carbons (Fsp3) is 0.429. The number of amides is 1. The average molecular weight is 494 g/mol. The first-order valence-corrected chi connectivity index (χ1v) is 11.3. The fourth-order valence-electron chi connectivity index (χ4n) is 3.74. The summed E-state index contributed by atoms with van der Waals surface area (Å²) < 4.78 is 102. The number of halogens is 6. The van der Waals surface area contributed by atoms with E-state index >= 15 is 0 Å². The highest BCUT2D eigenvalue weighted by Crippen LogP contribution is 2.40. The summed E-state index contributed by atoms with van der Waals surface area (Å²) in [6.45, 7) is 2.71. The van der Waals surface area contributed by atoms with Crippen LogP contribution in [0, 0.1) is 5.92 Å². The second-order valence-corrected chi connectivity index (χ2v) is 10.8. The molecule has 180 valence electrons. The van der Waals surface area contributed by atoms with Gasteiger partial charge in [-0.15, -0.1) is 0 Å². The van der Waals surface area contributed by atoms with Gasteiger partial charge in [-0.3, -0.25) is 9.69 Å². The van der Waals surface area contributed by atoms with Gasteiger partial charge in [0.25, 0.3) is 0 Å². The molecule has 0 N–H and O–H groups in total. The Bertz CT molecular complexity index is 1140. The minimum atomic E-state index is -4.72. The van der Waals surface area contributed by atoms with Gasteiger partial charge in [-0.05, 0) is 56.5 Å². The van der Waals surface area contributed by atoms with Crippen LogP contribution >= 0.6 is 0 Å². The van der Waals surface area contributed by atoms with Crippen molar-refractivity contribution in [2.45, 2.75) is 48.7 Å². The van der Waals surface area contributed by atoms with Gasteiger partial charge in [0.1, 0.15) is 5.82 Å². The van der Waals surface area contributed by atoms with E-state index in [4.69, 9.17) is 0 Å². The summed E-state index contributed by atoms with van der Waals surface area (Å²) in [5.41, 5.74) is -2.07. The van der Waals surface area contributed by atoms with Crippen LogP contribution in [0.2, 0.25) is 0 Å². The minimum Gasteiger partial charge on any atom is -0.297 e. The van der Waals surface area contributed by atoms with Crippen molar-refractivity contribution < 1.29 is 39.6 Å². The number of benzene rings is 1. The zero-order valence-electron chi connectivity index (χ0n) is 17.5. The van der Waals surface area contributed by atoms with Crippen molar-refractivity contribution in [1.82, 2.24) is 4.98 Å². The molecule has 2 heterocycles. The molecule has 1 amide bonds. The largest absolute Gasteiger partial charge is 0.417 e. The number of rotatable bonds is 4. The number of nitrogens with zero attached hydrogens (tertiary/aromatic N) is 2. The molecular formula is C21H20F6N2O3S. The van der Waals surface area contributed by atoms with Crippen molar-refractivity contribution in [1.29, 1.82) is 0 Å². The maximum atomic E-state index is 13.2. The van der Waals surface area contributed by atoms with Crippen LogP contribution in [0.4, 0.5) is 32.2 Å². The number of sulfone groups is 1. The second kappa shape index (κ2) is 8.30. The molecule has 2 aromatic rings. The van der Waals surface area contributed by atoms with Gasteiger partial charge in [-0.25, -0.2) is 13.4 Å². The Balaban J connectivity index is 1.82. The summed E-state index contributed by atoms with van der Waals surface area (Å²) in [7, 11) is -4.26. The predicted octanol–water partition coefficient (Wildman–Crippen LogP) is 5.11. The van der Waals surface area contributed by atoms with E-state index in [1.165, 1.54) is 18.7 Å². The lowest BCUT2D eigenvalue weighted by Crippen LogP contribution is -2.48. The smallest absolute Gasteiger partial charge is 0.297 e. The molecule has 1 saturated heterocycles. The number of anilines is 1. The molecule has 0 unspecified atom stereocenters. The standard InChI is InChI=1S/C21H20F6N2O3S/c1-19(2,33(31,32)16-5-3-4-14(10-16)20(22,23)24)13-8-9-29(18(30)11-13)17-7-6-15(12-28-17)21(25,26)27/h3-7,10,12-13H,8-9,11H2,1-2H3/t13-/m0/s1. The van der Waals surface area contributed by atoms with Gasteiger partial charge < -0.3 is 0 Å². The first-order valence-electron chi connectivity index (χ1n) is 9.80. The Labute approximate surface area is 186 Å². The molecule has 33 heavy (non-hydrogen) atoms. The van der Waals surface area contributed by atoms with E-state index in [9.17, 15) is 39.6 Å². The van der Waals surface area contributed by atoms with Crippen LogP contribution in [0.25, 0.3) is 0 Å². The molecule has 5 nitrogen and oxygen atoms in total. The average Bonchev–Trinajstić information content (AvgIpc) is 2.72. The highest BCUT2D eigenvalue weighted by atomic mass is 32.2. The number of aromatic nitrogens is 1. The normalized spacial score (nSPS) is 18.5. The maximum absolute atomic E-state index is 13.2. The quantitative estimate of drug-likeness (QED) is 0.554. The lowest BCUT2D eigenvalue weighted by Gasteiger charge is -2.39. The van der Waals surface area contributed by atoms with E-state index in [1.807, 2.05) is 0 Å². The lowest BCUT2D eigenvalue weighted by atomic mass is 9.85. The molecule has 1 aromatic carbocycles. The molecule has 3 rings (SSSR count). The van der Waals surface area contributed by atoms with Crippen molar-refractivity contribution in [2.75, 3.05) is 11.4 Å². The van der Waals surface area contributed by atoms with E-state index in [-0.39, 0.29) is 25.2 Å². The monoisotopic (exact) mass is 494 g/mol. The third-order valence-electron chi connectivity index (χ3n) is 5.92. The molecule has 0 aliphatic carbocycles. The van der Waals surface area contributed by atoms with Gasteiger partial charge >= 0.3 is 12.4 Å². The number of alkyl halides is 6. The van der Waals surface area contributed by atoms with Crippen LogP contribution in [0.1, 0.15) is 37.8 Å². The van der Waals surface area contributed by atoms with Gasteiger partial charge in [-0.1, -0.05) is 6.07 Å². The number of carbonyl (C=O) groups is 1. The number of hydrogen-bond acceptors (Lipinski definition) is 4. The Morgan fingerprint density at radius 3 is 2.12 bits per heavy atom. The predicted molar refractivity (Wildman–Crippen MR) is 107 cm³/mol. The van der Waals surface area contributed by atoms with E-state index in [0.29, 0.717) is 12.3 Å². The summed E-state index contributed by atoms with van der Waals surface area (Å²) in [4.78, 5) is 17.1. The van der Waals surface area contributed by atoms with Crippen molar-refractivity contribution in [3.8, 4) is 0 Å². The Kier molecular flexibility index (Phi) is 6.29. The summed E-state index contributed by atoms with van der Waals surface area (Å²) in [6.07, 6.45) is -8.78. The number of pyridine rings is 1. The first-order chi connectivity index (χ1) is 15.0. The van der Waals surface area contributed by atoms with Crippen LogP contribution in [-0.4, -0.2) is 30.6 Å². The van der Waals surface area contributed by atoms with Crippen molar-refractivity contribution in [3.63, 3.8) is 0 Å². The molecule has 0 bridgehead atoms. The number of piperidine rings is 1. The van der Waals surface area contributed by atoms with Gasteiger partial charge in [0.15, 0.2) is 9.84 Å². The minimum absolute atomic E-state index is 0.00338. The molecular weight excluding hydrogens is 474 g/mol. The van der Waals surface area contributed by atoms with Crippen LogP contribution < -0.4 is 4.90 Å². The fourth-order valence-corrected chi connectivity index (χ4v) is 5.53. The zero-order chi connectivity index (χ0) is 24.8. The van der Waals surface area contributed by atoms with E-state index in [2.05, 4.69) is 4.98 Å². The van der Waals surface area contributed by atoms with Crippen LogP contribution in [0.5, 0.6) is 0 Å². The molecule has 0 radical (unpaired) electrons. The van der Waals surface area contributed by atoms with Crippen molar-refractivity contribution >= 4 is 21.6 Å². The summed E-state index contributed by atoms with van der Waals surface area (Å²) in [5, 5.41) is 0. The van der Waals surface area contributed by atoms with Crippen LogP contribution in [0.3, 0.4) is 0 Å². The van der Waals surface area contributed by atoms with Crippen molar-refractivity contribution in [2.24, 2.45) is 5.92 Å². The van der Waals surface area contributed by atoms with Crippen molar-refractivity contribution in [3.05, 3.63) is 53.7 Å². The molecule has 1 aliphatic rings. The van der Waals surface area contributed by atoms with Crippen LogP contribution in [-0.2, 0) is 27.0 Å². The maximum Gasteiger partial charge on any atom is 0.417 e. The topological polar surface area (TPSA) is 67.3 Å². The SMILES string of the molecule is CC(C)([C@H]1CCN(c2ccc(C(F)(F)F)cn2)C(=O)C1)S(=O)(=O)c1cccc(C(F)(F)F)c1. The van der Waals surface area contributed by atoms with Gasteiger partial charge in [0, 0.05) is 19.2 Å². The molecule has 0 saturated carbocycles. The molecule has 1 atom stereocenters. The second-order valence-electron chi connectivity index (χ2n) is 8.27. The Morgan fingerprint density at radius 1 is 0.970 bits per heavy atom. The highest BCUT2D eigenvalue weighted by molar-refractivity contribution is 7.92. The first kappa shape index (κ1) is 25.0. The molecule has 1 fully saturated rings. The van der Waals surface area contributed by atoms with Gasteiger partial charge in [-0.2, -0.15) is 26.3 Å². The number of carbonyl (C=O) groups excluding carboxylic acids is 1. The lowest BCUT2D eigenvalue weighted by molar-refractivity contribution is -0.138. The third kappa shape index (κ3) is 4.85. The third-order valence-corrected chi connectivity index (χ3v) is 8.52. The highest BCUT2D eigenvalue weighted by Gasteiger charge is 2.46. The summed E-state index contributed by atoms with van der Waals surface area (Å²) >= 11 is 0. The van der Waals surface area contributed by atoms with Gasteiger partial charge in [0.05, 0.1) is 20.8 Å². The Hall–Kier alpha value is -2.63. The van der Waals surface area contributed by atoms with Gasteiger partial charge in [0.2, 0.25) is 5.91 Å². The molecule has 1 aromatic heterocycles. The molecule has 0 spiro atoms. The molecule has 1 aliphatic heterocycles. The Morgan fingerprint density at radius 2 is 1.61 bits per heavy atom. The molecule has 12 heteroatoms. The van der Waals surface area contributed by atoms with E-state index < -0.39 is 54.8 Å². The van der Waals surface area contributed by atoms with Crippen LogP contribution in [0.15, 0.2) is 47.5 Å². The zero-order valence-corrected chi connectivity index (χ0v) is 18.4. The summed E-state index contributed by atoms with van der Waals surface area (Å²) in [5.74, 6) is -1.26. The van der Waals surface area contributed by atoms with E-state index in [0.717, 1.165) is 30.3 Å².